The van der Waals surface area contributed by atoms with E-state index in [1.54, 1.807) is 19.2 Å². The molecule has 0 atom stereocenters. The summed E-state index contributed by atoms with van der Waals surface area (Å²) < 4.78 is 13.4. The van der Waals surface area contributed by atoms with Crippen molar-refractivity contribution in [1.82, 2.24) is 15.5 Å². The molecule has 4 nitrogen and oxygen atoms in total. The SMILES string of the molecule is CCN(C)CCNC(=NC)NCc1ccccc1F. The van der Waals surface area contributed by atoms with E-state index in [1.165, 1.54) is 6.07 Å². The van der Waals surface area contributed by atoms with Gasteiger partial charge in [0.25, 0.3) is 0 Å². The maximum Gasteiger partial charge on any atom is 0.191 e. The summed E-state index contributed by atoms with van der Waals surface area (Å²) >= 11 is 0. The summed E-state index contributed by atoms with van der Waals surface area (Å²) in [5.41, 5.74) is 0.635. The third-order valence-corrected chi connectivity index (χ3v) is 2.95. The zero-order valence-corrected chi connectivity index (χ0v) is 11.9. The Kier molecular flexibility index (Phi) is 6.89. The van der Waals surface area contributed by atoms with Gasteiger partial charge < -0.3 is 15.5 Å². The van der Waals surface area contributed by atoms with E-state index < -0.39 is 0 Å². The smallest absolute Gasteiger partial charge is 0.191 e. The van der Waals surface area contributed by atoms with Gasteiger partial charge in [-0.05, 0) is 19.7 Å². The minimum atomic E-state index is -0.198. The maximum absolute atomic E-state index is 13.4. The van der Waals surface area contributed by atoms with E-state index in [4.69, 9.17) is 0 Å². The molecule has 1 rings (SSSR count). The van der Waals surface area contributed by atoms with Crippen LogP contribution in [0.3, 0.4) is 0 Å². The molecule has 0 bridgehead atoms. The molecule has 5 heteroatoms. The first-order chi connectivity index (χ1) is 9.17. The molecule has 0 heterocycles. The van der Waals surface area contributed by atoms with Gasteiger partial charge in [-0.25, -0.2) is 4.39 Å². The highest BCUT2D eigenvalue weighted by molar-refractivity contribution is 5.79. The number of nitrogens with zero attached hydrogens (tertiary/aromatic N) is 2. The summed E-state index contributed by atoms with van der Waals surface area (Å²) in [5, 5.41) is 6.30. The largest absolute Gasteiger partial charge is 0.355 e. The van der Waals surface area contributed by atoms with Gasteiger partial charge in [0.05, 0.1) is 0 Å². The fourth-order valence-corrected chi connectivity index (χ4v) is 1.56. The first kappa shape index (κ1) is 15.4. The number of guanidine groups is 1. The van der Waals surface area contributed by atoms with Crippen molar-refractivity contribution < 1.29 is 4.39 Å². The Morgan fingerprint density at radius 3 is 2.68 bits per heavy atom. The third kappa shape index (κ3) is 5.70. The highest BCUT2D eigenvalue weighted by atomic mass is 19.1. The summed E-state index contributed by atoms with van der Waals surface area (Å²) in [7, 11) is 3.78. The standard InChI is InChI=1S/C14H23FN4/c1-4-19(3)10-9-17-14(16-2)18-11-12-7-5-6-8-13(12)15/h5-8H,4,9-11H2,1-3H3,(H2,16,17,18). The van der Waals surface area contributed by atoms with Gasteiger partial charge in [-0.15, -0.1) is 0 Å². The highest BCUT2D eigenvalue weighted by Crippen LogP contribution is 2.05. The number of likely N-dealkylation sites (N-methyl/N-ethyl adjacent to an activating group) is 1. The molecule has 0 fully saturated rings. The van der Waals surface area contributed by atoms with Crippen LogP contribution in [-0.2, 0) is 6.54 Å². The average molecular weight is 266 g/mol. The number of benzene rings is 1. The Morgan fingerprint density at radius 1 is 1.32 bits per heavy atom. The van der Waals surface area contributed by atoms with Crippen molar-refractivity contribution in [3.63, 3.8) is 0 Å². The molecule has 1 aromatic rings. The van der Waals surface area contributed by atoms with Gasteiger partial charge in [-0.3, -0.25) is 4.99 Å². The third-order valence-electron chi connectivity index (χ3n) is 2.95. The van der Waals surface area contributed by atoms with Crippen LogP contribution < -0.4 is 10.6 Å². The van der Waals surface area contributed by atoms with Crippen molar-refractivity contribution >= 4 is 5.96 Å². The second kappa shape index (κ2) is 8.48. The van der Waals surface area contributed by atoms with E-state index in [-0.39, 0.29) is 5.82 Å². The minimum absolute atomic E-state index is 0.198. The monoisotopic (exact) mass is 266 g/mol. The van der Waals surface area contributed by atoms with Crippen molar-refractivity contribution in [3.8, 4) is 0 Å². The number of nitrogens with one attached hydrogen (secondary N) is 2. The predicted octanol–water partition coefficient (Wildman–Crippen LogP) is 1.44. The molecule has 0 saturated carbocycles. The fraction of sp³-hybridized carbons (Fsp3) is 0.500. The Bertz CT molecular complexity index is 406. The zero-order chi connectivity index (χ0) is 14.1. The predicted molar refractivity (Wildman–Crippen MR) is 77.8 cm³/mol. The molecule has 106 valence electrons. The minimum Gasteiger partial charge on any atom is -0.355 e. The van der Waals surface area contributed by atoms with Gasteiger partial charge in [0, 0.05) is 32.2 Å². The van der Waals surface area contributed by atoms with E-state index in [9.17, 15) is 4.39 Å². The van der Waals surface area contributed by atoms with E-state index >= 15 is 0 Å². The molecule has 2 N–H and O–H groups in total. The number of halogens is 1. The molecular formula is C14H23FN4. The molecule has 0 spiro atoms. The molecular weight excluding hydrogens is 243 g/mol. The van der Waals surface area contributed by atoms with Crippen LogP contribution in [-0.4, -0.2) is 44.6 Å². The van der Waals surface area contributed by atoms with Crippen LogP contribution in [0.25, 0.3) is 0 Å². The van der Waals surface area contributed by atoms with Crippen molar-refractivity contribution in [2.75, 3.05) is 33.7 Å². The lowest BCUT2D eigenvalue weighted by Crippen LogP contribution is -2.40. The lowest BCUT2D eigenvalue weighted by atomic mass is 10.2. The average Bonchev–Trinajstić information content (AvgIpc) is 2.43. The van der Waals surface area contributed by atoms with Gasteiger partial charge in [0.1, 0.15) is 5.82 Å². The Morgan fingerprint density at radius 2 is 2.05 bits per heavy atom. The summed E-state index contributed by atoms with van der Waals surface area (Å²) in [4.78, 5) is 6.31. The molecule has 0 radical (unpaired) electrons. The maximum atomic E-state index is 13.4. The normalized spacial score (nSPS) is 11.7. The Balaban J connectivity index is 2.36. The lowest BCUT2D eigenvalue weighted by molar-refractivity contribution is 0.357. The fourth-order valence-electron chi connectivity index (χ4n) is 1.56. The van der Waals surface area contributed by atoms with E-state index in [2.05, 4.69) is 34.5 Å². The van der Waals surface area contributed by atoms with Crippen molar-refractivity contribution in [2.45, 2.75) is 13.5 Å². The van der Waals surface area contributed by atoms with Gasteiger partial charge in [-0.1, -0.05) is 25.1 Å². The van der Waals surface area contributed by atoms with E-state index in [1.807, 2.05) is 6.07 Å². The van der Waals surface area contributed by atoms with Crippen LogP contribution in [0.15, 0.2) is 29.3 Å². The molecule has 19 heavy (non-hydrogen) atoms. The van der Waals surface area contributed by atoms with Crippen LogP contribution >= 0.6 is 0 Å². The van der Waals surface area contributed by atoms with Crippen molar-refractivity contribution in [1.29, 1.82) is 0 Å². The summed E-state index contributed by atoms with van der Waals surface area (Å²) in [6.07, 6.45) is 0. The molecule has 0 aliphatic rings. The Labute approximate surface area is 114 Å². The number of aliphatic imine (C=N–C) groups is 1. The zero-order valence-electron chi connectivity index (χ0n) is 11.9. The van der Waals surface area contributed by atoms with Crippen LogP contribution in [0, 0.1) is 5.82 Å². The van der Waals surface area contributed by atoms with E-state index in [0.717, 1.165) is 19.6 Å². The van der Waals surface area contributed by atoms with Gasteiger partial charge in [0.2, 0.25) is 0 Å². The molecule has 1 aromatic carbocycles. The molecule has 0 saturated heterocycles. The number of rotatable bonds is 6. The summed E-state index contributed by atoms with van der Waals surface area (Å²) in [6, 6.07) is 6.74. The lowest BCUT2D eigenvalue weighted by Gasteiger charge is -2.16. The van der Waals surface area contributed by atoms with E-state index in [0.29, 0.717) is 18.1 Å². The van der Waals surface area contributed by atoms with Crippen molar-refractivity contribution in [3.05, 3.63) is 35.6 Å². The first-order valence-electron chi connectivity index (χ1n) is 6.53. The van der Waals surface area contributed by atoms with Gasteiger partial charge in [0.15, 0.2) is 5.96 Å². The summed E-state index contributed by atoms with van der Waals surface area (Å²) in [6.45, 7) is 5.31. The molecule has 0 aliphatic carbocycles. The second-order valence-corrected chi connectivity index (χ2v) is 4.34. The van der Waals surface area contributed by atoms with Crippen LogP contribution in [0.1, 0.15) is 12.5 Å². The van der Waals surface area contributed by atoms with Crippen LogP contribution in [0.5, 0.6) is 0 Å². The molecule has 0 amide bonds. The van der Waals surface area contributed by atoms with Crippen LogP contribution in [0.2, 0.25) is 0 Å². The molecule has 0 aliphatic heterocycles. The Hall–Kier alpha value is -1.62. The molecule has 0 aromatic heterocycles. The van der Waals surface area contributed by atoms with Gasteiger partial charge >= 0.3 is 0 Å². The highest BCUT2D eigenvalue weighted by Gasteiger charge is 2.02. The first-order valence-corrected chi connectivity index (χ1v) is 6.53. The summed E-state index contributed by atoms with van der Waals surface area (Å²) in [5.74, 6) is 0.490. The van der Waals surface area contributed by atoms with Crippen LogP contribution in [0.4, 0.5) is 4.39 Å². The molecule has 0 unspecified atom stereocenters. The van der Waals surface area contributed by atoms with Crippen molar-refractivity contribution in [2.24, 2.45) is 4.99 Å². The van der Waals surface area contributed by atoms with Gasteiger partial charge in [-0.2, -0.15) is 0 Å². The number of hydrogen-bond acceptors (Lipinski definition) is 2. The quantitative estimate of drug-likeness (QED) is 0.604. The number of hydrogen-bond donors (Lipinski definition) is 2. The topological polar surface area (TPSA) is 39.7 Å². The second-order valence-electron chi connectivity index (χ2n) is 4.34.